The molecule has 0 aromatic heterocycles. The zero-order valence-corrected chi connectivity index (χ0v) is 9.01. The van der Waals surface area contributed by atoms with Gasteiger partial charge < -0.3 is 15.4 Å². The molecule has 1 saturated heterocycles. The Labute approximate surface area is 85.4 Å². The first-order valence-electron chi connectivity index (χ1n) is 5.34. The van der Waals surface area contributed by atoms with Crippen LogP contribution in [0.4, 0.5) is 4.79 Å². The standard InChI is InChI=1S/C10H20N2O2/c1-8(2)5-6-11-10(13)12-9-4-3-7-14-9/h8-9H,3-7H2,1-2H3,(H2,11,12,13). The maximum atomic E-state index is 11.3. The summed E-state index contributed by atoms with van der Waals surface area (Å²) in [5.41, 5.74) is 0. The van der Waals surface area contributed by atoms with Crippen LogP contribution in [-0.2, 0) is 4.74 Å². The quantitative estimate of drug-likeness (QED) is 0.722. The van der Waals surface area contributed by atoms with E-state index in [0.717, 1.165) is 32.4 Å². The number of carbonyl (C=O) groups excluding carboxylic acids is 1. The van der Waals surface area contributed by atoms with Gasteiger partial charge in [0.25, 0.3) is 0 Å². The predicted molar refractivity (Wildman–Crippen MR) is 55.0 cm³/mol. The van der Waals surface area contributed by atoms with E-state index >= 15 is 0 Å². The number of hydrogen-bond acceptors (Lipinski definition) is 2. The van der Waals surface area contributed by atoms with Crippen LogP contribution in [0.5, 0.6) is 0 Å². The molecular formula is C10H20N2O2. The van der Waals surface area contributed by atoms with Gasteiger partial charge in [-0.3, -0.25) is 0 Å². The normalized spacial score (nSPS) is 21.2. The van der Waals surface area contributed by atoms with Crippen LogP contribution < -0.4 is 10.6 Å². The van der Waals surface area contributed by atoms with E-state index in [1.54, 1.807) is 0 Å². The number of carbonyl (C=O) groups is 1. The zero-order valence-electron chi connectivity index (χ0n) is 9.01. The lowest BCUT2D eigenvalue weighted by atomic mass is 10.1. The van der Waals surface area contributed by atoms with Crippen molar-refractivity contribution in [2.75, 3.05) is 13.2 Å². The Morgan fingerprint density at radius 3 is 2.93 bits per heavy atom. The van der Waals surface area contributed by atoms with E-state index in [-0.39, 0.29) is 12.3 Å². The molecule has 1 atom stereocenters. The minimum Gasteiger partial charge on any atom is -0.358 e. The first-order valence-corrected chi connectivity index (χ1v) is 5.34. The van der Waals surface area contributed by atoms with E-state index in [0.29, 0.717) is 5.92 Å². The lowest BCUT2D eigenvalue weighted by molar-refractivity contribution is 0.0907. The van der Waals surface area contributed by atoms with Crippen molar-refractivity contribution in [2.24, 2.45) is 5.92 Å². The minimum atomic E-state index is -0.113. The molecule has 1 unspecified atom stereocenters. The summed E-state index contributed by atoms with van der Waals surface area (Å²) in [4.78, 5) is 11.3. The monoisotopic (exact) mass is 200 g/mol. The van der Waals surface area contributed by atoms with Crippen LogP contribution >= 0.6 is 0 Å². The maximum absolute atomic E-state index is 11.3. The highest BCUT2D eigenvalue weighted by atomic mass is 16.5. The second-order valence-electron chi connectivity index (χ2n) is 4.08. The summed E-state index contributed by atoms with van der Waals surface area (Å²) in [6.07, 6.45) is 2.90. The summed E-state index contributed by atoms with van der Waals surface area (Å²) in [6, 6.07) is -0.113. The number of ether oxygens (including phenoxy) is 1. The second kappa shape index (κ2) is 5.86. The van der Waals surface area contributed by atoms with E-state index in [1.807, 2.05) is 0 Å². The summed E-state index contributed by atoms with van der Waals surface area (Å²) in [5, 5.41) is 5.59. The van der Waals surface area contributed by atoms with Gasteiger partial charge in [0.2, 0.25) is 0 Å². The first kappa shape index (κ1) is 11.3. The fourth-order valence-electron chi connectivity index (χ4n) is 1.36. The summed E-state index contributed by atoms with van der Waals surface area (Å²) < 4.78 is 5.28. The van der Waals surface area contributed by atoms with Crippen molar-refractivity contribution < 1.29 is 9.53 Å². The highest BCUT2D eigenvalue weighted by Crippen LogP contribution is 2.08. The van der Waals surface area contributed by atoms with Crippen molar-refractivity contribution in [3.63, 3.8) is 0 Å². The molecule has 1 aliphatic rings. The Hall–Kier alpha value is -0.770. The van der Waals surface area contributed by atoms with Gasteiger partial charge >= 0.3 is 6.03 Å². The molecule has 0 saturated carbocycles. The smallest absolute Gasteiger partial charge is 0.316 e. The van der Waals surface area contributed by atoms with E-state index in [2.05, 4.69) is 24.5 Å². The largest absolute Gasteiger partial charge is 0.358 e. The van der Waals surface area contributed by atoms with Crippen LogP contribution in [0.2, 0.25) is 0 Å². The average Bonchev–Trinajstić information content (AvgIpc) is 2.56. The third-order valence-corrected chi connectivity index (χ3v) is 2.23. The molecule has 82 valence electrons. The van der Waals surface area contributed by atoms with E-state index in [9.17, 15) is 4.79 Å². The first-order chi connectivity index (χ1) is 6.68. The summed E-state index contributed by atoms with van der Waals surface area (Å²) >= 11 is 0. The molecule has 1 fully saturated rings. The van der Waals surface area contributed by atoms with Gasteiger partial charge in [0, 0.05) is 13.2 Å². The third kappa shape index (κ3) is 4.46. The number of hydrogen-bond donors (Lipinski definition) is 2. The Balaban J connectivity index is 2.03. The van der Waals surface area contributed by atoms with E-state index in [1.165, 1.54) is 0 Å². The summed E-state index contributed by atoms with van der Waals surface area (Å²) in [6.45, 7) is 5.77. The van der Waals surface area contributed by atoms with Gasteiger partial charge in [-0.05, 0) is 25.2 Å². The van der Waals surface area contributed by atoms with Gasteiger partial charge in [-0.25, -0.2) is 4.79 Å². The average molecular weight is 200 g/mol. The van der Waals surface area contributed by atoms with E-state index in [4.69, 9.17) is 4.74 Å². The molecule has 0 spiro atoms. The van der Waals surface area contributed by atoms with Crippen molar-refractivity contribution in [2.45, 2.75) is 39.3 Å². The Kier molecular flexibility index (Phi) is 4.73. The van der Waals surface area contributed by atoms with Crippen LogP contribution in [0.1, 0.15) is 33.1 Å². The van der Waals surface area contributed by atoms with Gasteiger partial charge in [0.05, 0.1) is 0 Å². The van der Waals surface area contributed by atoms with Crippen LogP contribution in [-0.4, -0.2) is 25.4 Å². The highest BCUT2D eigenvalue weighted by Gasteiger charge is 2.16. The van der Waals surface area contributed by atoms with Crippen LogP contribution in [0.3, 0.4) is 0 Å². The molecule has 1 aliphatic heterocycles. The number of nitrogens with one attached hydrogen (secondary N) is 2. The minimum absolute atomic E-state index is 0.0750. The predicted octanol–water partition coefficient (Wildman–Crippen LogP) is 1.47. The Morgan fingerprint density at radius 2 is 2.36 bits per heavy atom. The van der Waals surface area contributed by atoms with Crippen LogP contribution in [0.25, 0.3) is 0 Å². The lowest BCUT2D eigenvalue weighted by Gasteiger charge is -2.13. The molecule has 14 heavy (non-hydrogen) atoms. The molecule has 1 rings (SSSR count). The SMILES string of the molecule is CC(C)CCNC(=O)NC1CCCO1. The molecule has 2 amide bonds. The van der Waals surface area contributed by atoms with Gasteiger partial charge in [0.1, 0.15) is 6.23 Å². The Bertz CT molecular complexity index is 177. The number of amides is 2. The van der Waals surface area contributed by atoms with Crippen molar-refractivity contribution in [3.05, 3.63) is 0 Å². The summed E-state index contributed by atoms with van der Waals surface area (Å²) in [7, 11) is 0. The van der Waals surface area contributed by atoms with Gasteiger partial charge in [-0.1, -0.05) is 13.8 Å². The van der Waals surface area contributed by atoms with Crippen molar-refractivity contribution in [1.82, 2.24) is 10.6 Å². The zero-order chi connectivity index (χ0) is 10.4. The fourth-order valence-corrected chi connectivity index (χ4v) is 1.36. The van der Waals surface area contributed by atoms with Crippen molar-refractivity contribution >= 4 is 6.03 Å². The van der Waals surface area contributed by atoms with Crippen LogP contribution in [0.15, 0.2) is 0 Å². The van der Waals surface area contributed by atoms with Gasteiger partial charge in [-0.15, -0.1) is 0 Å². The molecule has 0 aromatic carbocycles. The molecule has 2 N–H and O–H groups in total. The number of urea groups is 1. The number of rotatable bonds is 4. The molecule has 0 aromatic rings. The molecule has 0 bridgehead atoms. The maximum Gasteiger partial charge on any atom is 0.316 e. The van der Waals surface area contributed by atoms with Crippen molar-refractivity contribution in [3.8, 4) is 0 Å². The molecule has 4 heteroatoms. The highest BCUT2D eigenvalue weighted by molar-refractivity contribution is 5.73. The summed E-state index contributed by atoms with van der Waals surface area (Å²) in [5.74, 6) is 0.623. The second-order valence-corrected chi connectivity index (χ2v) is 4.08. The molecule has 1 heterocycles. The lowest BCUT2D eigenvalue weighted by Crippen LogP contribution is -2.42. The molecular weight excluding hydrogens is 180 g/mol. The van der Waals surface area contributed by atoms with Gasteiger partial charge in [0.15, 0.2) is 0 Å². The molecule has 0 aliphatic carbocycles. The molecule has 0 radical (unpaired) electrons. The van der Waals surface area contributed by atoms with Crippen molar-refractivity contribution in [1.29, 1.82) is 0 Å². The Morgan fingerprint density at radius 1 is 1.57 bits per heavy atom. The van der Waals surface area contributed by atoms with Crippen LogP contribution in [0, 0.1) is 5.92 Å². The topological polar surface area (TPSA) is 50.4 Å². The third-order valence-electron chi connectivity index (χ3n) is 2.23. The van der Waals surface area contributed by atoms with E-state index < -0.39 is 0 Å². The fraction of sp³-hybridized carbons (Fsp3) is 0.900. The van der Waals surface area contributed by atoms with Gasteiger partial charge in [-0.2, -0.15) is 0 Å². The molecule has 4 nitrogen and oxygen atoms in total.